The van der Waals surface area contributed by atoms with Crippen LogP contribution < -0.4 is 16.2 Å². The van der Waals surface area contributed by atoms with E-state index in [1.54, 1.807) is 0 Å². The van der Waals surface area contributed by atoms with Crippen LogP contribution in [0.3, 0.4) is 0 Å². The molecule has 7 nitrogen and oxygen atoms in total. The van der Waals surface area contributed by atoms with Crippen LogP contribution in [0.25, 0.3) is 0 Å². The number of carbonyl (C=O) groups is 2. The standard InChI is InChI=1S/C37H50I6N2O5/c1-3-4-5-6-7-8-9-10-11-12-13-14-15-16-17-18-29(48)37(21-24(47)22-46,23(2)30-25(38)19-26(39)33(44)31(30)42)36(49)50-35-28(41)20-27(40)34(45)32(35)43/h10-11,19-20,23-24,46-47H,3-9,12-18,21-22,44-45H2,1-2H3/b11-10-. The number of halogens is 6. The molecule has 280 valence electrons. The van der Waals surface area contributed by atoms with Crippen molar-refractivity contribution >= 4 is 159 Å². The van der Waals surface area contributed by atoms with Gasteiger partial charge in [0.15, 0.2) is 11.5 Å². The van der Waals surface area contributed by atoms with E-state index in [0.29, 0.717) is 24.9 Å². The quantitative estimate of drug-likeness (QED) is 0.0165. The van der Waals surface area contributed by atoms with Gasteiger partial charge in [-0.1, -0.05) is 77.4 Å². The fraction of sp³-hybridized carbons (Fsp3) is 0.568. The maximum absolute atomic E-state index is 14.6. The normalized spacial score (nSPS) is 14.1. The van der Waals surface area contributed by atoms with Crippen LogP contribution in [0.15, 0.2) is 24.3 Å². The Kier molecular flexibility index (Phi) is 23.4. The van der Waals surface area contributed by atoms with Gasteiger partial charge in [0.2, 0.25) is 0 Å². The van der Waals surface area contributed by atoms with Gasteiger partial charge in [-0.2, -0.15) is 0 Å². The van der Waals surface area contributed by atoms with E-state index >= 15 is 0 Å². The number of hydrogen-bond acceptors (Lipinski definition) is 7. The van der Waals surface area contributed by atoms with E-state index in [4.69, 9.17) is 16.2 Å². The van der Waals surface area contributed by atoms with Crippen molar-refractivity contribution in [2.75, 3.05) is 18.1 Å². The summed E-state index contributed by atoms with van der Waals surface area (Å²) in [5, 5.41) is 20.9. The van der Waals surface area contributed by atoms with Gasteiger partial charge in [-0.05, 0) is 192 Å². The molecule has 2 aromatic rings. The average molecular weight is 1360 g/mol. The summed E-state index contributed by atoms with van der Waals surface area (Å²) in [4.78, 5) is 29.2. The second-order valence-electron chi connectivity index (χ2n) is 12.8. The first-order valence-electron chi connectivity index (χ1n) is 17.3. The molecular formula is C37H50I6N2O5. The molecule has 6 N–H and O–H groups in total. The van der Waals surface area contributed by atoms with Crippen LogP contribution in [-0.2, 0) is 9.59 Å². The molecular weight excluding hydrogens is 1310 g/mol. The van der Waals surface area contributed by atoms with Crippen LogP contribution in [0.1, 0.15) is 122 Å². The topological polar surface area (TPSA) is 136 Å². The maximum atomic E-state index is 14.6. The highest BCUT2D eigenvalue weighted by atomic mass is 127. The van der Waals surface area contributed by atoms with Crippen LogP contribution in [-0.4, -0.2) is 34.7 Å². The van der Waals surface area contributed by atoms with E-state index in [0.717, 1.165) is 58.4 Å². The number of ketones is 1. The number of benzene rings is 2. The zero-order valence-corrected chi connectivity index (χ0v) is 41.8. The molecule has 0 radical (unpaired) electrons. The molecule has 0 heterocycles. The van der Waals surface area contributed by atoms with E-state index < -0.39 is 30.0 Å². The van der Waals surface area contributed by atoms with Crippen molar-refractivity contribution in [2.24, 2.45) is 5.41 Å². The van der Waals surface area contributed by atoms with Gasteiger partial charge < -0.3 is 26.4 Å². The number of anilines is 2. The zero-order chi connectivity index (χ0) is 37.4. The number of ether oxygens (including phenoxy) is 1. The summed E-state index contributed by atoms with van der Waals surface area (Å²) in [6.07, 6.45) is 17.9. The third-order valence-corrected chi connectivity index (χ3v) is 14.8. The molecule has 0 amide bonds. The Morgan fingerprint density at radius 3 is 1.84 bits per heavy atom. The molecule has 0 aromatic heterocycles. The molecule has 0 aliphatic rings. The minimum atomic E-state index is -1.80. The number of nitrogens with two attached hydrogens (primary N) is 2. The van der Waals surface area contributed by atoms with Crippen LogP contribution in [0.5, 0.6) is 5.75 Å². The Morgan fingerprint density at radius 2 is 1.28 bits per heavy atom. The summed E-state index contributed by atoms with van der Waals surface area (Å²) in [7, 11) is 0. The lowest BCUT2D eigenvalue weighted by Gasteiger charge is -2.38. The Labute approximate surface area is 380 Å². The van der Waals surface area contributed by atoms with Crippen LogP contribution >= 0.6 is 136 Å². The number of aliphatic hydroxyl groups excluding tert-OH is 2. The number of hydrogen-bond donors (Lipinski definition) is 4. The second kappa shape index (κ2) is 24.7. The lowest BCUT2D eigenvalue weighted by atomic mass is 9.65. The smallest absolute Gasteiger partial charge is 0.325 e. The third-order valence-electron chi connectivity index (χ3n) is 9.07. The van der Waals surface area contributed by atoms with Crippen molar-refractivity contribution in [1.29, 1.82) is 0 Å². The molecule has 3 unspecified atom stereocenters. The number of aliphatic hydroxyl groups is 2. The van der Waals surface area contributed by atoms with E-state index in [2.05, 4.69) is 155 Å². The second-order valence-corrected chi connectivity index (χ2v) is 19.6. The number of allylic oxidation sites excluding steroid dienone is 2. The van der Waals surface area contributed by atoms with Crippen LogP contribution in [0.2, 0.25) is 0 Å². The number of unbranched alkanes of at least 4 members (excludes halogenated alkanes) is 11. The minimum absolute atomic E-state index is 0.145. The number of esters is 1. The van der Waals surface area contributed by atoms with E-state index in [9.17, 15) is 19.8 Å². The Hall–Kier alpha value is 1.22. The summed E-state index contributed by atoms with van der Waals surface area (Å²) in [6.45, 7) is 3.47. The van der Waals surface area contributed by atoms with Gasteiger partial charge in [0.1, 0.15) is 5.41 Å². The lowest BCUT2D eigenvalue weighted by molar-refractivity contribution is -0.157. The van der Waals surface area contributed by atoms with Crippen molar-refractivity contribution in [2.45, 2.75) is 122 Å². The predicted octanol–water partition coefficient (Wildman–Crippen LogP) is 11.5. The molecule has 2 rings (SSSR count). The molecule has 0 aliphatic carbocycles. The van der Waals surface area contributed by atoms with Gasteiger partial charge in [0.05, 0.1) is 31.2 Å². The fourth-order valence-corrected chi connectivity index (χ4v) is 13.9. The Morgan fingerprint density at radius 1 is 0.780 bits per heavy atom. The van der Waals surface area contributed by atoms with Crippen molar-refractivity contribution < 1.29 is 24.5 Å². The highest BCUT2D eigenvalue weighted by molar-refractivity contribution is 14.1. The van der Waals surface area contributed by atoms with E-state index in [-0.39, 0.29) is 24.4 Å². The summed E-state index contributed by atoms with van der Waals surface area (Å²) in [6, 6.07) is 3.76. The molecule has 0 bridgehead atoms. The number of rotatable bonds is 23. The average Bonchev–Trinajstić information content (AvgIpc) is 3.08. The molecule has 0 saturated heterocycles. The van der Waals surface area contributed by atoms with Crippen molar-refractivity contribution in [3.8, 4) is 5.75 Å². The summed E-state index contributed by atoms with van der Waals surface area (Å²) < 4.78 is 10.7. The first-order valence-corrected chi connectivity index (χ1v) is 23.8. The SMILES string of the molecule is CCCCCCCC/C=C\CCCCCCCC(=O)C(CC(O)CO)(C(=O)Oc1c(I)cc(I)c(N)c1I)C(C)c1c(I)cc(I)c(N)c1I. The molecule has 50 heavy (non-hydrogen) atoms. The van der Waals surface area contributed by atoms with Crippen molar-refractivity contribution in [1.82, 2.24) is 0 Å². The van der Waals surface area contributed by atoms with Crippen molar-refractivity contribution in [3.05, 3.63) is 51.3 Å². The molecule has 2 aromatic carbocycles. The van der Waals surface area contributed by atoms with Gasteiger partial charge in [0.25, 0.3) is 0 Å². The lowest BCUT2D eigenvalue weighted by Crippen LogP contribution is -2.49. The molecule has 3 atom stereocenters. The van der Waals surface area contributed by atoms with Gasteiger partial charge in [-0.3, -0.25) is 9.59 Å². The number of carbonyl (C=O) groups excluding carboxylic acids is 2. The summed E-state index contributed by atoms with van der Waals surface area (Å²) in [5.41, 5.74) is 12.8. The zero-order valence-electron chi connectivity index (χ0n) is 28.8. The first-order chi connectivity index (χ1) is 23.7. The highest BCUT2D eigenvalue weighted by Gasteiger charge is 2.54. The molecule has 0 fully saturated rings. The van der Waals surface area contributed by atoms with Crippen molar-refractivity contribution in [3.63, 3.8) is 0 Å². The van der Waals surface area contributed by atoms with E-state index in [1.165, 1.54) is 38.5 Å². The molecule has 13 heteroatoms. The van der Waals surface area contributed by atoms with Crippen LogP contribution in [0.4, 0.5) is 11.4 Å². The predicted molar refractivity (Wildman–Crippen MR) is 257 cm³/mol. The largest absolute Gasteiger partial charge is 0.423 e. The fourth-order valence-electron chi connectivity index (χ4n) is 6.05. The maximum Gasteiger partial charge on any atom is 0.325 e. The van der Waals surface area contributed by atoms with E-state index in [1.807, 2.05) is 19.1 Å². The van der Waals surface area contributed by atoms with Crippen LogP contribution in [0, 0.1) is 26.8 Å². The Balaban J connectivity index is 2.28. The molecule has 0 spiro atoms. The molecule has 0 saturated carbocycles. The minimum Gasteiger partial charge on any atom is -0.423 e. The monoisotopic (exact) mass is 1360 g/mol. The van der Waals surface area contributed by atoms with Gasteiger partial charge in [-0.15, -0.1) is 0 Å². The Bertz CT molecular complexity index is 1460. The number of nitrogen functional groups attached to an aromatic ring is 2. The molecule has 0 aliphatic heterocycles. The summed E-state index contributed by atoms with van der Waals surface area (Å²) in [5.74, 6) is -1.52. The number of Topliss-reactive ketones (excluding diaryl/α,β-unsaturated/α-hetero) is 1. The van der Waals surface area contributed by atoms with Gasteiger partial charge in [-0.25, -0.2) is 0 Å². The highest BCUT2D eigenvalue weighted by Crippen LogP contribution is 2.48. The van der Waals surface area contributed by atoms with Gasteiger partial charge in [0, 0.05) is 26.6 Å². The van der Waals surface area contributed by atoms with Gasteiger partial charge >= 0.3 is 5.97 Å². The first kappa shape index (κ1) is 47.4. The third kappa shape index (κ3) is 13.8. The summed E-state index contributed by atoms with van der Waals surface area (Å²) >= 11 is 12.9.